The minimum Gasteiger partial charge on any atom is -0.508 e. The second-order valence-corrected chi connectivity index (χ2v) is 11.6. The molecule has 1 saturated heterocycles. The number of ether oxygens (including phenoxy) is 1. The Morgan fingerprint density at radius 1 is 1.05 bits per heavy atom. The van der Waals surface area contributed by atoms with Crippen LogP contribution in [0.15, 0.2) is 72.9 Å². The molecule has 39 heavy (non-hydrogen) atoms. The lowest BCUT2D eigenvalue weighted by molar-refractivity contribution is 0.417. The van der Waals surface area contributed by atoms with E-state index in [4.69, 9.17) is 17.0 Å². The fourth-order valence-electron chi connectivity index (χ4n) is 5.15. The molecule has 2 unspecified atom stereocenters. The minimum atomic E-state index is -3.50. The van der Waals surface area contributed by atoms with E-state index in [2.05, 4.69) is 32.6 Å². The predicted octanol–water partition coefficient (Wildman–Crippen LogP) is 4.75. The fourth-order valence-corrected chi connectivity index (χ4v) is 6.06. The SMILES string of the molecule is COc1cc(N2C(=S)NC(c3ccccn3)C2c2cc(C)n(-c3ccc(O)cc3)c2C)ccc1NS(C)(=O)=O. The van der Waals surface area contributed by atoms with Gasteiger partial charge in [0.2, 0.25) is 10.0 Å². The fraction of sp³-hybridized carbons (Fsp3) is 0.214. The quantitative estimate of drug-likeness (QED) is 0.277. The molecule has 1 aliphatic heterocycles. The number of phenolic OH excluding ortho intramolecular Hbond substituents is 1. The van der Waals surface area contributed by atoms with Crippen molar-refractivity contribution in [3.05, 3.63) is 95.6 Å². The van der Waals surface area contributed by atoms with Crippen molar-refractivity contribution in [2.75, 3.05) is 23.0 Å². The largest absolute Gasteiger partial charge is 0.508 e. The van der Waals surface area contributed by atoms with Crippen LogP contribution >= 0.6 is 12.2 Å². The molecule has 1 fully saturated rings. The number of aromatic nitrogens is 2. The third-order valence-corrected chi connectivity index (χ3v) is 7.66. The number of hydrogen-bond acceptors (Lipinski definition) is 6. The van der Waals surface area contributed by atoms with Crippen molar-refractivity contribution < 1.29 is 18.3 Å². The lowest BCUT2D eigenvalue weighted by Gasteiger charge is -2.29. The average molecular weight is 564 g/mol. The molecule has 0 amide bonds. The first-order valence-corrected chi connectivity index (χ1v) is 14.5. The Balaban J connectivity index is 1.66. The monoisotopic (exact) mass is 563 g/mol. The summed E-state index contributed by atoms with van der Waals surface area (Å²) in [4.78, 5) is 6.65. The molecule has 3 heterocycles. The van der Waals surface area contributed by atoms with Crippen LogP contribution in [0.3, 0.4) is 0 Å². The molecule has 3 N–H and O–H groups in total. The Hall–Kier alpha value is -4.09. The van der Waals surface area contributed by atoms with Crippen LogP contribution in [-0.2, 0) is 10.0 Å². The van der Waals surface area contributed by atoms with E-state index < -0.39 is 10.0 Å². The molecule has 0 bridgehead atoms. The number of hydrogen-bond donors (Lipinski definition) is 3. The van der Waals surface area contributed by atoms with Gasteiger partial charge in [-0.3, -0.25) is 9.71 Å². The number of nitrogens with zero attached hydrogens (tertiary/aromatic N) is 3. The van der Waals surface area contributed by atoms with Crippen LogP contribution in [0.25, 0.3) is 5.69 Å². The van der Waals surface area contributed by atoms with E-state index in [1.165, 1.54) is 7.11 Å². The van der Waals surface area contributed by atoms with Crippen LogP contribution in [0.2, 0.25) is 0 Å². The van der Waals surface area contributed by atoms with Gasteiger partial charge in [-0.1, -0.05) is 6.07 Å². The van der Waals surface area contributed by atoms with E-state index in [1.54, 1.807) is 30.5 Å². The average Bonchev–Trinajstić information content (AvgIpc) is 3.39. The third-order valence-electron chi connectivity index (χ3n) is 6.75. The number of benzene rings is 2. The molecule has 4 aromatic rings. The molecule has 202 valence electrons. The summed E-state index contributed by atoms with van der Waals surface area (Å²) in [6.45, 7) is 4.10. The van der Waals surface area contributed by atoms with Crippen LogP contribution in [0.1, 0.15) is 34.7 Å². The molecule has 0 radical (unpaired) electrons. The van der Waals surface area contributed by atoms with Crippen molar-refractivity contribution in [3.8, 4) is 17.2 Å². The highest BCUT2D eigenvalue weighted by Gasteiger charge is 2.42. The van der Waals surface area contributed by atoms with Crippen molar-refractivity contribution in [1.29, 1.82) is 0 Å². The van der Waals surface area contributed by atoms with Crippen molar-refractivity contribution in [2.45, 2.75) is 25.9 Å². The standard InChI is InChI=1S/C28H29N5O4S2/c1-17-15-22(18(2)32(17)19-8-11-21(34)12-9-19)27-26(24-7-5-6-14-29-24)30-28(38)33(27)20-10-13-23(25(16-20)37-3)31-39(4,35)36/h5-16,26-27,31,34H,1-4H3,(H,30,38). The van der Waals surface area contributed by atoms with Gasteiger partial charge in [-0.05, 0) is 86.2 Å². The summed E-state index contributed by atoms with van der Waals surface area (Å²) < 4.78 is 33.9. The third kappa shape index (κ3) is 5.15. The number of phenols is 1. The number of nitrogens with one attached hydrogen (secondary N) is 2. The second-order valence-electron chi connectivity index (χ2n) is 9.43. The van der Waals surface area contributed by atoms with Crippen molar-refractivity contribution in [3.63, 3.8) is 0 Å². The summed E-state index contributed by atoms with van der Waals surface area (Å²) in [5, 5.41) is 13.8. The molecule has 5 rings (SSSR count). The van der Waals surface area contributed by atoms with E-state index in [1.807, 2.05) is 48.2 Å². The number of thiocarbonyl (C=S) groups is 1. The minimum absolute atomic E-state index is 0.205. The first-order chi connectivity index (χ1) is 18.6. The van der Waals surface area contributed by atoms with Gasteiger partial charge in [0, 0.05) is 35.0 Å². The first kappa shape index (κ1) is 26.5. The van der Waals surface area contributed by atoms with Crippen LogP contribution in [0.5, 0.6) is 11.5 Å². The van der Waals surface area contributed by atoms with E-state index >= 15 is 0 Å². The molecule has 2 aromatic carbocycles. The number of pyridine rings is 1. The van der Waals surface area contributed by atoms with Crippen LogP contribution in [-0.4, -0.2) is 41.6 Å². The van der Waals surface area contributed by atoms with Gasteiger partial charge in [0.05, 0.1) is 36.8 Å². The molecule has 2 aromatic heterocycles. The lowest BCUT2D eigenvalue weighted by Crippen LogP contribution is -2.29. The molecule has 2 atom stereocenters. The molecule has 11 heteroatoms. The van der Waals surface area contributed by atoms with Gasteiger partial charge < -0.3 is 24.6 Å². The Morgan fingerprint density at radius 2 is 1.77 bits per heavy atom. The molecule has 0 spiro atoms. The topological polar surface area (TPSA) is 109 Å². The van der Waals surface area contributed by atoms with Crippen molar-refractivity contribution in [1.82, 2.24) is 14.9 Å². The van der Waals surface area contributed by atoms with Crippen LogP contribution in [0, 0.1) is 13.8 Å². The van der Waals surface area contributed by atoms with Gasteiger partial charge in [-0.25, -0.2) is 8.42 Å². The predicted molar refractivity (Wildman–Crippen MR) is 156 cm³/mol. The highest BCUT2D eigenvalue weighted by Crippen LogP contribution is 2.45. The highest BCUT2D eigenvalue weighted by molar-refractivity contribution is 7.92. The maximum absolute atomic E-state index is 11.9. The maximum atomic E-state index is 11.9. The van der Waals surface area contributed by atoms with Crippen molar-refractivity contribution in [2.24, 2.45) is 0 Å². The second kappa shape index (κ2) is 10.2. The van der Waals surface area contributed by atoms with Gasteiger partial charge in [-0.15, -0.1) is 0 Å². The van der Waals surface area contributed by atoms with Crippen molar-refractivity contribution >= 4 is 38.7 Å². The Bertz CT molecular complexity index is 1640. The number of aryl methyl sites for hydroxylation is 1. The Morgan fingerprint density at radius 3 is 2.41 bits per heavy atom. The zero-order valence-electron chi connectivity index (χ0n) is 21.9. The Labute approximate surface area is 233 Å². The summed E-state index contributed by atoms with van der Waals surface area (Å²) in [6.07, 6.45) is 2.85. The molecular weight excluding hydrogens is 534 g/mol. The van der Waals surface area contributed by atoms with E-state index in [-0.39, 0.29) is 17.8 Å². The maximum Gasteiger partial charge on any atom is 0.229 e. The molecule has 1 aliphatic rings. The van der Waals surface area contributed by atoms with Gasteiger partial charge in [0.25, 0.3) is 0 Å². The van der Waals surface area contributed by atoms with Gasteiger partial charge >= 0.3 is 0 Å². The van der Waals surface area contributed by atoms with Gasteiger partial charge in [0.15, 0.2) is 5.11 Å². The molecule has 9 nitrogen and oxygen atoms in total. The summed E-state index contributed by atoms with van der Waals surface area (Å²) in [5.74, 6) is 0.575. The number of rotatable bonds is 7. The number of anilines is 2. The smallest absolute Gasteiger partial charge is 0.229 e. The number of methoxy groups -OCH3 is 1. The van der Waals surface area contributed by atoms with Gasteiger partial charge in [-0.2, -0.15) is 0 Å². The van der Waals surface area contributed by atoms with Crippen LogP contribution in [0.4, 0.5) is 11.4 Å². The summed E-state index contributed by atoms with van der Waals surface area (Å²) >= 11 is 5.87. The normalized spacial score (nSPS) is 17.2. The first-order valence-electron chi connectivity index (χ1n) is 12.2. The number of sulfonamides is 1. The summed E-state index contributed by atoms with van der Waals surface area (Å²) in [6, 6.07) is 19.7. The zero-order valence-corrected chi connectivity index (χ0v) is 23.5. The van der Waals surface area contributed by atoms with Gasteiger partial charge in [0.1, 0.15) is 11.5 Å². The Kier molecular flexibility index (Phi) is 6.96. The lowest BCUT2D eigenvalue weighted by atomic mass is 9.96. The molecular formula is C28H29N5O4S2. The zero-order chi connectivity index (χ0) is 27.9. The van der Waals surface area contributed by atoms with Crippen LogP contribution < -0.4 is 19.7 Å². The summed E-state index contributed by atoms with van der Waals surface area (Å²) in [7, 11) is -2.00. The van der Waals surface area contributed by atoms with E-state index in [0.29, 0.717) is 16.5 Å². The molecule has 0 aliphatic carbocycles. The molecule has 0 saturated carbocycles. The van der Waals surface area contributed by atoms with E-state index in [9.17, 15) is 13.5 Å². The highest BCUT2D eigenvalue weighted by atomic mass is 32.2. The van der Waals surface area contributed by atoms with E-state index in [0.717, 1.165) is 40.3 Å². The summed E-state index contributed by atoms with van der Waals surface area (Å²) in [5.41, 5.74) is 5.93. The number of aromatic hydroxyl groups is 1.